The first kappa shape index (κ1) is 14.8. The topological polar surface area (TPSA) is 73.4 Å². The fourth-order valence-electron chi connectivity index (χ4n) is 2.90. The Morgan fingerprint density at radius 2 is 2.25 bits per heavy atom. The third kappa shape index (κ3) is 2.52. The van der Waals surface area contributed by atoms with E-state index in [0.29, 0.717) is 17.9 Å². The van der Waals surface area contributed by atoms with Crippen LogP contribution in [0, 0.1) is 0 Å². The summed E-state index contributed by atoms with van der Waals surface area (Å²) in [7, 11) is 3.49. The number of carbonyl (C=O) groups excluding carboxylic acids is 1. The standard InChI is InChI=1S/C14H24N4O2/c1-5-11-16-12(14(19)20-4)13(15)18(11)10-6-7-17(3)9(2)8-10/h9-10H,5-8,15H2,1-4H3. The summed E-state index contributed by atoms with van der Waals surface area (Å²) >= 11 is 0. The van der Waals surface area contributed by atoms with Crippen LogP contribution in [0.25, 0.3) is 0 Å². The normalized spacial score (nSPS) is 23.8. The van der Waals surface area contributed by atoms with Gasteiger partial charge in [-0.05, 0) is 26.8 Å². The monoisotopic (exact) mass is 280 g/mol. The molecule has 0 amide bonds. The van der Waals surface area contributed by atoms with Gasteiger partial charge in [-0.25, -0.2) is 9.78 Å². The van der Waals surface area contributed by atoms with Crippen LogP contribution in [0.15, 0.2) is 0 Å². The molecule has 0 radical (unpaired) electrons. The number of imidazole rings is 1. The number of rotatable bonds is 3. The highest BCUT2D eigenvalue weighted by atomic mass is 16.5. The Hall–Kier alpha value is -1.56. The molecule has 1 saturated heterocycles. The van der Waals surface area contributed by atoms with Gasteiger partial charge in [-0.2, -0.15) is 0 Å². The number of likely N-dealkylation sites (tertiary alicyclic amines) is 1. The van der Waals surface area contributed by atoms with Crippen molar-refractivity contribution in [1.82, 2.24) is 14.5 Å². The highest BCUT2D eigenvalue weighted by molar-refractivity contribution is 5.92. The molecule has 2 rings (SSSR count). The molecular formula is C14H24N4O2. The summed E-state index contributed by atoms with van der Waals surface area (Å²) in [5.41, 5.74) is 6.40. The number of piperidine rings is 1. The second kappa shape index (κ2) is 5.83. The average Bonchev–Trinajstić information content (AvgIpc) is 2.78. The minimum absolute atomic E-state index is 0.246. The fraction of sp³-hybridized carbons (Fsp3) is 0.714. The van der Waals surface area contributed by atoms with Crippen molar-refractivity contribution >= 4 is 11.8 Å². The maximum atomic E-state index is 11.7. The molecule has 2 N–H and O–H groups in total. The van der Waals surface area contributed by atoms with E-state index in [2.05, 4.69) is 23.9 Å². The number of ether oxygens (including phenoxy) is 1. The number of aromatic nitrogens is 2. The molecule has 1 fully saturated rings. The van der Waals surface area contributed by atoms with Crippen LogP contribution in [0.4, 0.5) is 5.82 Å². The van der Waals surface area contributed by atoms with Crippen molar-refractivity contribution in [2.24, 2.45) is 0 Å². The highest BCUT2D eigenvalue weighted by Gasteiger charge is 2.29. The SMILES string of the molecule is CCc1nc(C(=O)OC)c(N)n1C1CCN(C)C(C)C1. The van der Waals surface area contributed by atoms with E-state index in [-0.39, 0.29) is 5.69 Å². The molecule has 2 atom stereocenters. The molecule has 0 aliphatic carbocycles. The average molecular weight is 280 g/mol. The van der Waals surface area contributed by atoms with E-state index in [1.807, 2.05) is 11.5 Å². The van der Waals surface area contributed by atoms with Crippen LogP contribution in [-0.4, -0.2) is 47.2 Å². The number of nitrogen functional groups attached to an aromatic ring is 1. The van der Waals surface area contributed by atoms with Gasteiger partial charge in [0.15, 0.2) is 5.69 Å². The second-order valence-corrected chi connectivity index (χ2v) is 5.48. The van der Waals surface area contributed by atoms with Crippen molar-refractivity contribution in [2.75, 3.05) is 26.4 Å². The summed E-state index contributed by atoms with van der Waals surface area (Å²) in [6.07, 6.45) is 2.79. The van der Waals surface area contributed by atoms with Crippen LogP contribution in [0.2, 0.25) is 0 Å². The van der Waals surface area contributed by atoms with Gasteiger partial charge in [-0.1, -0.05) is 6.92 Å². The number of aryl methyl sites for hydroxylation is 1. The molecule has 1 aliphatic heterocycles. The molecule has 0 aromatic carbocycles. The maximum absolute atomic E-state index is 11.7. The molecule has 0 bridgehead atoms. The number of nitrogens with zero attached hydrogens (tertiary/aromatic N) is 3. The van der Waals surface area contributed by atoms with Crippen molar-refractivity contribution in [2.45, 2.75) is 45.2 Å². The Bertz CT molecular complexity index is 498. The molecule has 2 unspecified atom stereocenters. The summed E-state index contributed by atoms with van der Waals surface area (Å²) in [6.45, 7) is 5.27. The van der Waals surface area contributed by atoms with E-state index in [1.165, 1.54) is 7.11 Å². The Kier molecular flexibility index (Phi) is 4.32. The molecule has 0 spiro atoms. The number of hydrogen-bond donors (Lipinski definition) is 1. The molecule has 2 heterocycles. The van der Waals surface area contributed by atoms with Crippen molar-refractivity contribution in [3.05, 3.63) is 11.5 Å². The number of carbonyl (C=O) groups is 1. The van der Waals surface area contributed by atoms with E-state index in [9.17, 15) is 4.79 Å². The number of esters is 1. The van der Waals surface area contributed by atoms with Gasteiger partial charge in [-0.15, -0.1) is 0 Å². The van der Waals surface area contributed by atoms with Gasteiger partial charge in [-0.3, -0.25) is 0 Å². The van der Waals surface area contributed by atoms with E-state index in [4.69, 9.17) is 10.5 Å². The minimum Gasteiger partial charge on any atom is -0.464 e. The van der Waals surface area contributed by atoms with Crippen LogP contribution in [0.1, 0.15) is 49.0 Å². The quantitative estimate of drug-likeness (QED) is 0.849. The zero-order valence-electron chi connectivity index (χ0n) is 12.7. The Labute approximate surface area is 119 Å². The molecule has 6 heteroatoms. The van der Waals surface area contributed by atoms with Crippen LogP contribution in [-0.2, 0) is 11.2 Å². The number of hydrogen-bond acceptors (Lipinski definition) is 5. The summed E-state index contributed by atoms with van der Waals surface area (Å²) in [4.78, 5) is 18.4. The highest BCUT2D eigenvalue weighted by Crippen LogP contribution is 2.31. The molecule has 20 heavy (non-hydrogen) atoms. The minimum atomic E-state index is -0.461. The number of nitrogens with two attached hydrogens (primary N) is 1. The van der Waals surface area contributed by atoms with E-state index in [0.717, 1.165) is 31.6 Å². The summed E-state index contributed by atoms with van der Waals surface area (Å²) in [6, 6.07) is 0.809. The first-order valence-corrected chi connectivity index (χ1v) is 7.14. The van der Waals surface area contributed by atoms with Gasteiger partial charge < -0.3 is 19.9 Å². The molecular weight excluding hydrogens is 256 g/mol. The number of anilines is 1. The lowest BCUT2D eigenvalue weighted by Gasteiger charge is -2.36. The lowest BCUT2D eigenvalue weighted by atomic mass is 9.98. The van der Waals surface area contributed by atoms with Crippen LogP contribution in [0.3, 0.4) is 0 Å². The third-order valence-corrected chi connectivity index (χ3v) is 4.26. The van der Waals surface area contributed by atoms with Gasteiger partial charge in [0.05, 0.1) is 7.11 Å². The lowest BCUT2D eigenvalue weighted by Crippen LogP contribution is -2.39. The van der Waals surface area contributed by atoms with Gasteiger partial charge >= 0.3 is 5.97 Å². The van der Waals surface area contributed by atoms with Crippen molar-refractivity contribution in [3.63, 3.8) is 0 Å². The number of methoxy groups -OCH3 is 1. The van der Waals surface area contributed by atoms with Crippen molar-refractivity contribution < 1.29 is 9.53 Å². The second-order valence-electron chi connectivity index (χ2n) is 5.48. The first-order valence-electron chi connectivity index (χ1n) is 7.14. The third-order valence-electron chi connectivity index (χ3n) is 4.26. The zero-order chi connectivity index (χ0) is 14.9. The molecule has 1 aromatic rings. The van der Waals surface area contributed by atoms with Gasteiger partial charge in [0, 0.05) is 25.0 Å². The van der Waals surface area contributed by atoms with E-state index in [1.54, 1.807) is 0 Å². The maximum Gasteiger partial charge on any atom is 0.360 e. The summed E-state index contributed by atoms with van der Waals surface area (Å²) in [5, 5.41) is 0. The van der Waals surface area contributed by atoms with Gasteiger partial charge in [0.2, 0.25) is 0 Å². The van der Waals surface area contributed by atoms with Gasteiger partial charge in [0.1, 0.15) is 11.6 Å². The predicted molar refractivity (Wildman–Crippen MR) is 77.7 cm³/mol. The Morgan fingerprint density at radius 1 is 1.55 bits per heavy atom. The van der Waals surface area contributed by atoms with Crippen molar-refractivity contribution in [1.29, 1.82) is 0 Å². The summed E-state index contributed by atoms with van der Waals surface area (Å²) in [5.74, 6) is 0.844. The first-order chi connectivity index (χ1) is 9.49. The van der Waals surface area contributed by atoms with E-state index < -0.39 is 5.97 Å². The molecule has 1 aromatic heterocycles. The molecule has 1 aliphatic rings. The van der Waals surface area contributed by atoms with Crippen LogP contribution >= 0.6 is 0 Å². The molecule has 112 valence electrons. The predicted octanol–water partition coefficient (Wildman–Crippen LogP) is 1.47. The largest absolute Gasteiger partial charge is 0.464 e. The van der Waals surface area contributed by atoms with Crippen molar-refractivity contribution in [3.8, 4) is 0 Å². The Morgan fingerprint density at radius 3 is 2.80 bits per heavy atom. The molecule has 6 nitrogen and oxygen atoms in total. The molecule has 0 saturated carbocycles. The fourth-order valence-corrected chi connectivity index (χ4v) is 2.90. The van der Waals surface area contributed by atoms with E-state index >= 15 is 0 Å². The Balaban J connectivity index is 2.35. The zero-order valence-corrected chi connectivity index (χ0v) is 12.7. The lowest BCUT2D eigenvalue weighted by molar-refractivity contribution is 0.0595. The van der Waals surface area contributed by atoms with Crippen LogP contribution in [0.5, 0.6) is 0 Å². The smallest absolute Gasteiger partial charge is 0.360 e. The van der Waals surface area contributed by atoms with Gasteiger partial charge in [0.25, 0.3) is 0 Å². The van der Waals surface area contributed by atoms with Crippen LogP contribution < -0.4 is 5.73 Å². The summed E-state index contributed by atoms with van der Waals surface area (Å²) < 4.78 is 6.79.